The molecule has 0 aliphatic heterocycles. The zero-order valence-corrected chi connectivity index (χ0v) is 17.6. The number of methoxy groups -OCH3 is 1. The summed E-state index contributed by atoms with van der Waals surface area (Å²) in [5.74, 6) is -0.880. The quantitative estimate of drug-likeness (QED) is 0.532. The zero-order chi connectivity index (χ0) is 21.9. The van der Waals surface area contributed by atoms with E-state index in [1.54, 1.807) is 31.3 Å². The lowest BCUT2D eigenvalue weighted by molar-refractivity contribution is -0.144. The van der Waals surface area contributed by atoms with Gasteiger partial charge < -0.3 is 9.47 Å². The normalized spacial score (nSPS) is 11.3. The highest BCUT2D eigenvalue weighted by Gasteiger charge is 2.17. The fourth-order valence-electron chi connectivity index (χ4n) is 2.96. The molecule has 30 heavy (non-hydrogen) atoms. The topological polar surface area (TPSA) is 87.5 Å². The summed E-state index contributed by atoms with van der Waals surface area (Å²) in [6.45, 7) is 1.85. The molecule has 0 saturated carbocycles. The Kier molecular flexibility index (Phi) is 6.21. The molecule has 0 saturated heterocycles. The van der Waals surface area contributed by atoms with Crippen molar-refractivity contribution in [2.45, 2.75) is 18.4 Å². The van der Waals surface area contributed by atoms with Crippen molar-refractivity contribution in [2.24, 2.45) is 0 Å². The van der Waals surface area contributed by atoms with Crippen LogP contribution in [0.4, 0.5) is 4.39 Å². The van der Waals surface area contributed by atoms with Crippen LogP contribution >= 0.6 is 0 Å². The predicted molar refractivity (Wildman–Crippen MR) is 109 cm³/mol. The minimum atomic E-state index is -3.34. The van der Waals surface area contributed by atoms with Crippen LogP contribution < -0.4 is 4.74 Å². The lowest BCUT2D eigenvalue weighted by atomic mass is 10.0. The summed E-state index contributed by atoms with van der Waals surface area (Å²) in [7, 11) is -1.97. The molecule has 2 aromatic carbocycles. The summed E-state index contributed by atoms with van der Waals surface area (Å²) in [6, 6.07) is 10.7. The number of ether oxygens (including phenoxy) is 2. The molecule has 0 N–H and O–H groups in total. The zero-order valence-electron chi connectivity index (χ0n) is 16.8. The molecule has 0 atom stereocenters. The van der Waals surface area contributed by atoms with Gasteiger partial charge in [0.1, 0.15) is 12.2 Å². The van der Waals surface area contributed by atoms with Crippen LogP contribution in [0.2, 0.25) is 0 Å². The number of nitrogens with zero attached hydrogens (tertiary/aromatic N) is 2. The third-order valence-corrected chi connectivity index (χ3v) is 5.51. The molecule has 7 nitrogen and oxygen atoms in total. The van der Waals surface area contributed by atoms with Gasteiger partial charge in [-0.2, -0.15) is 5.10 Å². The van der Waals surface area contributed by atoms with E-state index in [1.165, 1.54) is 36.1 Å². The maximum atomic E-state index is 14.3. The number of carbonyl (C=O) groups is 1. The highest BCUT2D eigenvalue weighted by molar-refractivity contribution is 7.90. The number of esters is 1. The molecule has 0 spiro atoms. The molecule has 0 unspecified atom stereocenters. The number of hydrogen-bond acceptors (Lipinski definition) is 6. The van der Waals surface area contributed by atoms with Crippen molar-refractivity contribution in [1.82, 2.24) is 9.78 Å². The van der Waals surface area contributed by atoms with Crippen molar-refractivity contribution < 1.29 is 27.1 Å². The fourth-order valence-corrected chi connectivity index (χ4v) is 3.59. The number of hydrogen-bond donors (Lipinski definition) is 0. The summed E-state index contributed by atoms with van der Waals surface area (Å²) >= 11 is 0. The molecule has 0 fully saturated rings. The van der Waals surface area contributed by atoms with Crippen LogP contribution in [0, 0.1) is 5.82 Å². The van der Waals surface area contributed by atoms with Crippen molar-refractivity contribution in [3.05, 3.63) is 54.5 Å². The molecule has 1 aromatic heterocycles. The van der Waals surface area contributed by atoms with E-state index in [2.05, 4.69) is 5.10 Å². The van der Waals surface area contributed by atoms with Crippen LogP contribution in [0.25, 0.3) is 22.4 Å². The van der Waals surface area contributed by atoms with Crippen LogP contribution in [-0.2, 0) is 25.9 Å². The first-order chi connectivity index (χ1) is 14.2. The largest absolute Gasteiger partial charge is 0.494 e. The van der Waals surface area contributed by atoms with E-state index >= 15 is 0 Å². The van der Waals surface area contributed by atoms with Gasteiger partial charge in [0.25, 0.3) is 0 Å². The Morgan fingerprint density at radius 2 is 1.80 bits per heavy atom. The average molecular weight is 432 g/mol. The molecule has 158 valence electrons. The van der Waals surface area contributed by atoms with Crippen molar-refractivity contribution >= 4 is 15.8 Å². The summed E-state index contributed by atoms with van der Waals surface area (Å²) in [6.07, 6.45) is 2.75. The van der Waals surface area contributed by atoms with Gasteiger partial charge in [-0.3, -0.25) is 9.48 Å². The van der Waals surface area contributed by atoms with Gasteiger partial charge in [0, 0.05) is 23.6 Å². The standard InChI is InChI=1S/C21H21FN2O5S/c1-4-29-20(25)13-24-12-17(15-7-10-19(28-2)18(22)11-15)21(23-24)14-5-8-16(9-6-14)30(3,26)27/h5-12H,4,13H2,1-3H3. The highest BCUT2D eigenvalue weighted by atomic mass is 32.2. The number of benzene rings is 2. The van der Waals surface area contributed by atoms with Crippen molar-refractivity contribution in [2.75, 3.05) is 20.0 Å². The number of aromatic nitrogens is 2. The molecule has 9 heteroatoms. The van der Waals surface area contributed by atoms with E-state index in [0.29, 0.717) is 22.4 Å². The Balaban J connectivity index is 2.09. The van der Waals surface area contributed by atoms with Gasteiger partial charge in [0.05, 0.1) is 18.6 Å². The van der Waals surface area contributed by atoms with E-state index in [1.807, 2.05) is 0 Å². The van der Waals surface area contributed by atoms with Gasteiger partial charge in [0.2, 0.25) is 0 Å². The van der Waals surface area contributed by atoms with E-state index in [0.717, 1.165) is 6.26 Å². The minimum Gasteiger partial charge on any atom is -0.494 e. The second-order valence-electron chi connectivity index (χ2n) is 6.54. The molecule has 0 radical (unpaired) electrons. The third kappa shape index (κ3) is 4.68. The number of carbonyl (C=O) groups excluding carboxylic acids is 1. The fraction of sp³-hybridized carbons (Fsp3) is 0.238. The number of rotatable bonds is 7. The molecular formula is C21H21FN2O5S. The molecular weight excluding hydrogens is 411 g/mol. The van der Waals surface area contributed by atoms with Gasteiger partial charge in [-0.25, -0.2) is 12.8 Å². The average Bonchev–Trinajstić information content (AvgIpc) is 3.11. The van der Waals surface area contributed by atoms with Gasteiger partial charge in [-0.1, -0.05) is 18.2 Å². The lowest BCUT2D eigenvalue weighted by Gasteiger charge is -2.06. The molecule has 3 rings (SSSR count). The molecule has 1 heterocycles. The molecule has 0 aliphatic carbocycles. The third-order valence-electron chi connectivity index (χ3n) is 4.38. The van der Waals surface area contributed by atoms with E-state index < -0.39 is 21.6 Å². The van der Waals surface area contributed by atoms with Crippen LogP contribution in [0.15, 0.2) is 53.6 Å². The van der Waals surface area contributed by atoms with Crippen molar-refractivity contribution in [3.8, 4) is 28.1 Å². The Morgan fingerprint density at radius 3 is 2.37 bits per heavy atom. The Labute approximate surface area is 174 Å². The van der Waals surface area contributed by atoms with E-state index in [-0.39, 0.29) is 23.8 Å². The summed E-state index contributed by atoms with van der Waals surface area (Å²) < 4.78 is 49.1. The van der Waals surface area contributed by atoms with E-state index in [4.69, 9.17) is 9.47 Å². The molecule has 3 aromatic rings. The maximum absolute atomic E-state index is 14.3. The molecule has 0 bridgehead atoms. The van der Waals surface area contributed by atoms with Crippen LogP contribution in [0.3, 0.4) is 0 Å². The van der Waals surface area contributed by atoms with Crippen LogP contribution in [-0.4, -0.2) is 44.1 Å². The van der Waals surface area contributed by atoms with Crippen molar-refractivity contribution in [3.63, 3.8) is 0 Å². The maximum Gasteiger partial charge on any atom is 0.327 e. The molecule has 0 amide bonds. The van der Waals surface area contributed by atoms with E-state index in [9.17, 15) is 17.6 Å². The van der Waals surface area contributed by atoms with Crippen LogP contribution in [0.5, 0.6) is 5.75 Å². The summed E-state index contributed by atoms with van der Waals surface area (Å²) in [5.41, 5.74) is 2.21. The minimum absolute atomic E-state index is 0.108. The molecule has 0 aliphatic rings. The van der Waals surface area contributed by atoms with Gasteiger partial charge in [0.15, 0.2) is 21.4 Å². The first-order valence-electron chi connectivity index (χ1n) is 9.10. The Morgan fingerprint density at radius 1 is 1.13 bits per heavy atom. The first kappa shape index (κ1) is 21.5. The smallest absolute Gasteiger partial charge is 0.327 e. The predicted octanol–water partition coefficient (Wildman–Crippen LogP) is 3.33. The monoisotopic (exact) mass is 432 g/mol. The second kappa shape index (κ2) is 8.66. The van der Waals surface area contributed by atoms with Gasteiger partial charge in [-0.05, 0) is 36.8 Å². The van der Waals surface area contributed by atoms with Crippen molar-refractivity contribution in [1.29, 1.82) is 0 Å². The first-order valence-corrected chi connectivity index (χ1v) is 11.0. The van der Waals surface area contributed by atoms with Crippen LogP contribution in [0.1, 0.15) is 6.92 Å². The number of halogens is 1. The number of sulfone groups is 1. The Bertz CT molecular complexity index is 1170. The summed E-state index contributed by atoms with van der Waals surface area (Å²) in [4.78, 5) is 12.0. The summed E-state index contributed by atoms with van der Waals surface area (Å²) in [5, 5.41) is 4.46. The Hall–Kier alpha value is -3.20. The highest BCUT2D eigenvalue weighted by Crippen LogP contribution is 2.33. The lowest BCUT2D eigenvalue weighted by Crippen LogP contribution is -2.13. The van der Waals surface area contributed by atoms with Gasteiger partial charge in [-0.15, -0.1) is 0 Å². The second-order valence-corrected chi connectivity index (χ2v) is 8.56. The SMILES string of the molecule is CCOC(=O)Cn1cc(-c2ccc(OC)c(F)c2)c(-c2ccc(S(C)(=O)=O)cc2)n1. The van der Waals surface area contributed by atoms with Gasteiger partial charge >= 0.3 is 5.97 Å².